The molecule has 180 valence electrons. The van der Waals surface area contributed by atoms with Crippen LogP contribution < -0.4 is 0 Å². The van der Waals surface area contributed by atoms with Gasteiger partial charge >= 0.3 is 11.9 Å². The molecule has 2 heterocycles. The topological polar surface area (TPSA) is 132 Å². The molecule has 0 spiro atoms. The smallest absolute Gasteiger partial charge is 0.341 e. The summed E-state index contributed by atoms with van der Waals surface area (Å²) in [5, 5.41) is 11.8. The largest absolute Gasteiger partial charge is 0.464 e. The van der Waals surface area contributed by atoms with Crippen molar-refractivity contribution in [2.75, 3.05) is 13.2 Å². The maximum absolute atomic E-state index is 13.6. The Morgan fingerprint density at radius 2 is 1.74 bits per heavy atom. The van der Waals surface area contributed by atoms with Crippen molar-refractivity contribution in [1.29, 1.82) is 0 Å². The van der Waals surface area contributed by atoms with E-state index in [-0.39, 0.29) is 36.5 Å². The molecule has 0 bridgehead atoms. The summed E-state index contributed by atoms with van der Waals surface area (Å²) in [5.41, 5.74) is 1.92. The van der Waals surface area contributed by atoms with E-state index < -0.39 is 28.8 Å². The minimum atomic E-state index is -1.08. The number of carbonyl (C=O) groups excluding carboxylic acids is 3. The lowest BCUT2D eigenvalue weighted by atomic mass is 10.0. The van der Waals surface area contributed by atoms with Crippen molar-refractivity contribution in [2.45, 2.75) is 26.3 Å². The van der Waals surface area contributed by atoms with Crippen LogP contribution in [0, 0.1) is 10.1 Å². The van der Waals surface area contributed by atoms with Crippen LogP contribution in [0.15, 0.2) is 54.7 Å². The van der Waals surface area contributed by atoms with Gasteiger partial charge in [-0.3, -0.25) is 19.8 Å². The Morgan fingerprint density at radius 1 is 1.06 bits per heavy atom. The van der Waals surface area contributed by atoms with Gasteiger partial charge in [0.25, 0.3) is 11.6 Å². The van der Waals surface area contributed by atoms with Crippen LogP contribution in [0.5, 0.6) is 0 Å². The molecule has 3 aromatic rings. The lowest BCUT2D eigenvalue weighted by Crippen LogP contribution is -2.43. The van der Waals surface area contributed by atoms with Crippen molar-refractivity contribution in [3.8, 4) is 0 Å². The van der Waals surface area contributed by atoms with E-state index >= 15 is 0 Å². The van der Waals surface area contributed by atoms with E-state index in [0.29, 0.717) is 11.3 Å². The molecule has 1 aliphatic rings. The van der Waals surface area contributed by atoms with E-state index in [2.05, 4.69) is 4.98 Å². The van der Waals surface area contributed by atoms with Crippen molar-refractivity contribution < 1.29 is 28.8 Å². The zero-order valence-electron chi connectivity index (χ0n) is 19.1. The van der Waals surface area contributed by atoms with Crippen LogP contribution in [0.1, 0.15) is 35.5 Å². The SMILES string of the molecule is CCOC(=O)C1=CN(C(=O)c2ccc([N+](=O)[O-])cc2)C(C(=O)OCC)Cc2c1[nH]c1ccccc21. The number of ether oxygens (including phenoxy) is 2. The molecule has 4 rings (SSSR count). The highest BCUT2D eigenvalue weighted by molar-refractivity contribution is 6.18. The Kier molecular flexibility index (Phi) is 6.63. The Balaban J connectivity index is 1.88. The molecular formula is C25H23N3O7. The number of aromatic amines is 1. The number of hydrogen-bond donors (Lipinski definition) is 1. The van der Waals surface area contributed by atoms with Gasteiger partial charge in [-0.25, -0.2) is 9.59 Å². The van der Waals surface area contributed by atoms with Crippen molar-refractivity contribution >= 4 is 40.0 Å². The number of amides is 1. The summed E-state index contributed by atoms with van der Waals surface area (Å²) >= 11 is 0. The molecule has 0 saturated carbocycles. The average Bonchev–Trinajstić information content (AvgIpc) is 3.12. The highest BCUT2D eigenvalue weighted by Gasteiger charge is 2.37. The Morgan fingerprint density at radius 3 is 2.40 bits per heavy atom. The highest BCUT2D eigenvalue weighted by atomic mass is 16.6. The van der Waals surface area contributed by atoms with E-state index in [1.807, 2.05) is 24.3 Å². The van der Waals surface area contributed by atoms with Crippen LogP contribution >= 0.6 is 0 Å². The number of rotatable bonds is 6. The number of carbonyl (C=O) groups is 3. The summed E-state index contributed by atoms with van der Waals surface area (Å²) in [7, 11) is 0. The third-order valence-electron chi connectivity index (χ3n) is 5.70. The predicted octanol–water partition coefficient (Wildman–Crippen LogP) is 3.61. The minimum absolute atomic E-state index is 0.0797. The van der Waals surface area contributed by atoms with Gasteiger partial charge in [0.05, 0.1) is 29.4 Å². The number of nitro groups is 1. The van der Waals surface area contributed by atoms with Gasteiger partial charge in [-0.05, 0) is 37.6 Å². The molecule has 1 unspecified atom stereocenters. The van der Waals surface area contributed by atoms with Crippen LogP contribution in [-0.2, 0) is 25.5 Å². The molecule has 35 heavy (non-hydrogen) atoms. The Bertz CT molecular complexity index is 1340. The predicted molar refractivity (Wildman–Crippen MR) is 126 cm³/mol. The molecule has 1 amide bonds. The molecule has 1 atom stereocenters. The lowest BCUT2D eigenvalue weighted by molar-refractivity contribution is -0.384. The van der Waals surface area contributed by atoms with Gasteiger partial charge in [-0.2, -0.15) is 0 Å². The maximum Gasteiger partial charge on any atom is 0.341 e. The van der Waals surface area contributed by atoms with Crippen LogP contribution in [0.3, 0.4) is 0 Å². The van der Waals surface area contributed by atoms with Gasteiger partial charge in [0.1, 0.15) is 6.04 Å². The van der Waals surface area contributed by atoms with Gasteiger partial charge < -0.3 is 14.5 Å². The summed E-state index contributed by atoms with van der Waals surface area (Å²) in [6.45, 7) is 3.55. The first-order valence-corrected chi connectivity index (χ1v) is 11.1. The molecule has 2 aromatic carbocycles. The number of nitrogens with one attached hydrogen (secondary N) is 1. The van der Waals surface area contributed by atoms with Crippen LogP contribution in [0.2, 0.25) is 0 Å². The molecule has 0 saturated heterocycles. The van der Waals surface area contributed by atoms with E-state index in [0.717, 1.165) is 15.8 Å². The monoisotopic (exact) mass is 477 g/mol. The number of H-pyrrole nitrogens is 1. The van der Waals surface area contributed by atoms with Crippen LogP contribution in [0.25, 0.3) is 16.5 Å². The fourth-order valence-corrected chi connectivity index (χ4v) is 4.10. The third-order valence-corrected chi connectivity index (χ3v) is 5.70. The lowest BCUT2D eigenvalue weighted by Gasteiger charge is -2.26. The fourth-order valence-electron chi connectivity index (χ4n) is 4.10. The summed E-state index contributed by atoms with van der Waals surface area (Å²) in [4.78, 5) is 54.4. The van der Waals surface area contributed by atoms with Crippen molar-refractivity contribution in [2.24, 2.45) is 0 Å². The number of hydrogen-bond acceptors (Lipinski definition) is 7. The number of non-ortho nitro benzene ring substituents is 1. The van der Waals surface area contributed by atoms with Gasteiger partial charge in [0.15, 0.2) is 0 Å². The van der Waals surface area contributed by atoms with E-state index in [4.69, 9.17) is 9.47 Å². The van der Waals surface area contributed by atoms with Crippen molar-refractivity contribution in [3.63, 3.8) is 0 Å². The van der Waals surface area contributed by atoms with E-state index in [9.17, 15) is 24.5 Å². The quantitative estimate of drug-likeness (QED) is 0.326. The number of aromatic nitrogens is 1. The third kappa shape index (κ3) is 4.50. The molecule has 0 radical (unpaired) electrons. The van der Waals surface area contributed by atoms with Crippen LogP contribution in [-0.4, -0.2) is 51.9 Å². The Labute approximate surface area is 200 Å². The van der Waals surface area contributed by atoms with Gasteiger partial charge in [0.2, 0.25) is 0 Å². The molecular weight excluding hydrogens is 454 g/mol. The first-order chi connectivity index (χ1) is 16.8. The fraction of sp³-hybridized carbons (Fsp3) is 0.240. The second-order valence-electron chi connectivity index (χ2n) is 7.78. The summed E-state index contributed by atoms with van der Waals surface area (Å²) in [6, 6.07) is 11.3. The molecule has 0 aliphatic carbocycles. The molecule has 0 fully saturated rings. The minimum Gasteiger partial charge on any atom is -0.464 e. The number of fused-ring (bicyclic) bond motifs is 3. The summed E-state index contributed by atoms with van der Waals surface area (Å²) in [6.07, 6.45) is 1.38. The second-order valence-corrected chi connectivity index (χ2v) is 7.78. The molecule has 1 aromatic heterocycles. The molecule has 10 heteroatoms. The molecule has 1 aliphatic heterocycles. The average molecular weight is 477 g/mol. The number of benzene rings is 2. The number of nitrogens with zero attached hydrogens (tertiary/aromatic N) is 2. The van der Waals surface area contributed by atoms with E-state index in [1.54, 1.807) is 13.8 Å². The number of esters is 2. The van der Waals surface area contributed by atoms with Gasteiger partial charge in [-0.1, -0.05) is 18.2 Å². The summed E-state index contributed by atoms with van der Waals surface area (Å²) < 4.78 is 10.5. The zero-order chi connectivity index (χ0) is 25.1. The highest BCUT2D eigenvalue weighted by Crippen LogP contribution is 2.34. The Hall–Kier alpha value is -4.47. The van der Waals surface area contributed by atoms with E-state index in [1.165, 1.54) is 30.5 Å². The first kappa shape index (κ1) is 23.7. The normalized spacial score (nSPS) is 15.1. The van der Waals surface area contributed by atoms with Crippen LogP contribution in [0.4, 0.5) is 5.69 Å². The zero-order valence-corrected chi connectivity index (χ0v) is 19.1. The molecule has 1 N–H and O–H groups in total. The standard InChI is InChI=1S/C25H23N3O7/c1-3-34-24(30)19-14-27(23(29)15-9-11-16(12-10-15)28(32)33)21(25(31)35-4-2)13-18-17-7-5-6-8-20(17)26-22(18)19/h5-12,14,21,26H,3-4,13H2,1-2H3. The van der Waals surface area contributed by atoms with Crippen molar-refractivity contribution in [1.82, 2.24) is 9.88 Å². The second kappa shape index (κ2) is 9.80. The molecule has 10 nitrogen and oxygen atoms in total. The van der Waals surface area contributed by atoms with Gasteiger partial charge in [-0.15, -0.1) is 0 Å². The maximum atomic E-state index is 13.6. The van der Waals surface area contributed by atoms with Gasteiger partial charge in [0, 0.05) is 41.2 Å². The number of nitro benzene ring substituents is 1. The number of para-hydroxylation sites is 1. The van der Waals surface area contributed by atoms with Crippen molar-refractivity contribution in [3.05, 3.63) is 81.7 Å². The first-order valence-electron chi connectivity index (χ1n) is 11.1. The summed E-state index contributed by atoms with van der Waals surface area (Å²) in [5.74, 6) is -1.92.